The van der Waals surface area contributed by atoms with Crippen molar-refractivity contribution in [2.24, 2.45) is 0 Å². The Kier molecular flexibility index (Phi) is 6.29. The van der Waals surface area contributed by atoms with Crippen LogP contribution in [0.25, 0.3) is 22.7 Å². The Morgan fingerprint density at radius 3 is 2.54 bits per heavy atom. The number of amides is 1. The van der Waals surface area contributed by atoms with Crippen LogP contribution < -0.4 is 5.32 Å². The minimum absolute atomic E-state index is 0.157. The lowest BCUT2D eigenvalue weighted by Crippen LogP contribution is -2.26. The molecule has 35 heavy (non-hydrogen) atoms. The van der Waals surface area contributed by atoms with E-state index in [0.29, 0.717) is 11.8 Å². The molecular formula is C29H30FN3O2. The Morgan fingerprint density at radius 2 is 1.83 bits per heavy atom. The van der Waals surface area contributed by atoms with Gasteiger partial charge >= 0.3 is 0 Å². The molecule has 0 aliphatic heterocycles. The Labute approximate surface area is 205 Å². The van der Waals surface area contributed by atoms with Gasteiger partial charge in [0.25, 0.3) is 5.91 Å². The number of carbonyl (C=O) groups excluding carboxylic acids is 1. The SMILES string of the molecule is Cc1ccc([C@H](C)NC(=O)c2ccc(-c3c(-c4ccc(F)cc4)ncn3C3CCCC3)o2)c(C)c1. The molecule has 1 atom stereocenters. The number of imidazole rings is 1. The topological polar surface area (TPSA) is 60.1 Å². The van der Waals surface area contributed by atoms with Crippen molar-refractivity contribution in [3.05, 3.63) is 89.2 Å². The van der Waals surface area contributed by atoms with E-state index in [2.05, 4.69) is 46.9 Å². The van der Waals surface area contributed by atoms with Crippen molar-refractivity contribution in [3.8, 4) is 22.7 Å². The van der Waals surface area contributed by atoms with E-state index in [1.54, 1.807) is 18.2 Å². The lowest BCUT2D eigenvalue weighted by atomic mass is 10.0. The van der Waals surface area contributed by atoms with Crippen molar-refractivity contribution in [2.75, 3.05) is 0 Å². The summed E-state index contributed by atoms with van der Waals surface area (Å²) in [4.78, 5) is 17.7. The zero-order valence-corrected chi connectivity index (χ0v) is 20.3. The first-order valence-electron chi connectivity index (χ1n) is 12.2. The summed E-state index contributed by atoms with van der Waals surface area (Å²) < 4.78 is 21.8. The van der Waals surface area contributed by atoms with E-state index >= 15 is 0 Å². The van der Waals surface area contributed by atoms with E-state index in [9.17, 15) is 9.18 Å². The molecule has 0 saturated heterocycles. The van der Waals surface area contributed by atoms with Crippen molar-refractivity contribution in [2.45, 2.75) is 58.5 Å². The van der Waals surface area contributed by atoms with Crippen molar-refractivity contribution in [1.29, 1.82) is 0 Å². The molecule has 1 saturated carbocycles. The number of nitrogens with zero attached hydrogens (tertiary/aromatic N) is 2. The zero-order valence-electron chi connectivity index (χ0n) is 20.3. The molecule has 1 aliphatic rings. The Morgan fingerprint density at radius 1 is 1.09 bits per heavy atom. The molecule has 0 bridgehead atoms. The van der Waals surface area contributed by atoms with Crippen LogP contribution in [0.15, 0.2) is 65.3 Å². The van der Waals surface area contributed by atoms with Gasteiger partial charge in [-0.05, 0) is 81.1 Å². The van der Waals surface area contributed by atoms with Crippen molar-refractivity contribution in [3.63, 3.8) is 0 Å². The molecule has 0 spiro atoms. The molecule has 180 valence electrons. The van der Waals surface area contributed by atoms with Gasteiger partial charge in [-0.2, -0.15) is 0 Å². The highest BCUT2D eigenvalue weighted by atomic mass is 19.1. The second kappa shape index (κ2) is 9.53. The third-order valence-corrected chi connectivity index (χ3v) is 6.93. The first-order chi connectivity index (χ1) is 16.9. The van der Waals surface area contributed by atoms with Crippen LogP contribution >= 0.6 is 0 Å². The quantitative estimate of drug-likeness (QED) is 0.324. The van der Waals surface area contributed by atoms with E-state index in [1.807, 2.05) is 19.3 Å². The van der Waals surface area contributed by atoms with Gasteiger partial charge in [0.1, 0.15) is 11.5 Å². The smallest absolute Gasteiger partial charge is 0.287 e. The minimum atomic E-state index is -0.291. The molecule has 6 heteroatoms. The third-order valence-electron chi connectivity index (χ3n) is 6.93. The molecule has 5 rings (SSSR count). The molecular weight excluding hydrogens is 441 g/mol. The van der Waals surface area contributed by atoms with E-state index in [1.165, 1.54) is 30.5 Å². The van der Waals surface area contributed by atoms with E-state index < -0.39 is 0 Å². The summed E-state index contributed by atoms with van der Waals surface area (Å²) >= 11 is 0. The summed E-state index contributed by atoms with van der Waals surface area (Å²) in [6, 6.07) is 16.2. The van der Waals surface area contributed by atoms with Crippen LogP contribution in [-0.2, 0) is 0 Å². The Bertz CT molecular complexity index is 1350. The summed E-state index contributed by atoms with van der Waals surface area (Å²) in [6.45, 7) is 6.08. The standard InChI is InChI=1S/C29H30FN3O2/c1-18-8-13-24(19(2)16-18)20(3)32-29(34)26-15-14-25(35-26)28-27(21-9-11-22(30)12-10-21)31-17-33(28)23-6-4-5-7-23/h8-17,20,23H,4-7H2,1-3H3,(H,32,34)/t20-/m0/s1. The number of aromatic nitrogens is 2. The average Bonchev–Trinajstić information content (AvgIpc) is 3.59. The fourth-order valence-corrected chi connectivity index (χ4v) is 5.13. The highest BCUT2D eigenvalue weighted by Crippen LogP contribution is 2.39. The van der Waals surface area contributed by atoms with Crippen LogP contribution in [-0.4, -0.2) is 15.5 Å². The van der Waals surface area contributed by atoms with Gasteiger partial charge in [0.2, 0.25) is 0 Å². The summed E-state index contributed by atoms with van der Waals surface area (Å²) in [6.07, 6.45) is 6.35. The van der Waals surface area contributed by atoms with Gasteiger partial charge in [0.15, 0.2) is 11.5 Å². The maximum Gasteiger partial charge on any atom is 0.287 e. The third kappa shape index (κ3) is 4.65. The van der Waals surface area contributed by atoms with E-state index in [0.717, 1.165) is 40.9 Å². The van der Waals surface area contributed by atoms with Gasteiger partial charge in [-0.15, -0.1) is 0 Å². The molecule has 1 fully saturated rings. The van der Waals surface area contributed by atoms with Gasteiger partial charge in [0.05, 0.1) is 18.1 Å². The molecule has 2 heterocycles. The van der Waals surface area contributed by atoms with Crippen molar-refractivity contribution < 1.29 is 13.6 Å². The van der Waals surface area contributed by atoms with Crippen molar-refractivity contribution >= 4 is 5.91 Å². The Hall–Kier alpha value is -3.67. The summed E-state index contributed by atoms with van der Waals surface area (Å²) in [5, 5.41) is 3.06. The van der Waals surface area contributed by atoms with Crippen molar-refractivity contribution in [1.82, 2.24) is 14.9 Å². The lowest BCUT2D eigenvalue weighted by Gasteiger charge is -2.16. The largest absolute Gasteiger partial charge is 0.449 e. The zero-order chi connectivity index (χ0) is 24.5. The molecule has 2 aromatic heterocycles. The molecule has 1 amide bonds. The van der Waals surface area contributed by atoms with Gasteiger partial charge < -0.3 is 14.3 Å². The highest BCUT2D eigenvalue weighted by molar-refractivity contribution is 5.92. The monoisotopic (exact) mass is 471 g/mol. The number of aryl methyl sites for hydroxylation is 2. The number of hydrogen-bond donors (Lipinski definition) is 1. The molecule has 4 aromatic rings. The summed E-state index contributed by atoms with van der Waals surface area (Å²) in [5.74, 6) is 0.276. The second-order valence-corrected chi connectivity index (χ2v) is 9.51. The molecule has 0 radical (unpaired) electrons. The number of hydrogen-bond acceptors (Lipinski definition) is 3. The Balaban J connectivity index is 1.45. The predicted octanol–water partition coefficient (Wildman–Crippen LogP) is 7.17. The fraction of sp³-hybridized carbons (Fsp3) is 0.310. The number of nitrogens with one attached hydrogen (secondary N) is 1. The van der Waals surface area contributed by atoms with Crippen LogP contribution in [0.2, 0.25) is 0 Å². The van der Waals surface area contributed by atoms with Crippen LogP contribution in [0.3, 0.4) is 0 Å². The number of halogens is 1. The van der Waals surface area contributed by atoms with Crippen LogP contribution in [0.1, 0.15) is 71.9 Å². The minimum Gasteiger partial charge on any atom is -0.449 e. The molecule has 2 aromatic carbocycles. The average molecular weight is 472 g/mol. The highest BCUT2D eigenvalue weighted by Gasteiger charge is 2.26. The number of rotatable bonds is 6. The fourth-order valence-electron chi connectivity index (χ4n) is 5.13. The first kappa shape index (κ1) is 23.1. The summed E-state index contributed by atoms with van der Waals surface area (Å²) in [7, 11) is 0. The van der Waals surface area contributed by atoms with E-state index in [-0.39, 0.29) is 23.5 Å². The second-order valence-electron chi connectivity index (χ2n) is 9.51. The predicted molar refractivity (Wildman–Crippen MR) is 135 cm³/mol. The van der Waals surface area contributed by atoms with Gasteiger partial charge in [-0.25, -0.2) is 9.37 Å². The summed E-state index contributed by atoms with van der Waals surface area (Å²) in [5.41, 5.74) is 5.77. The van der Waals surface area contributed by atoms with Gasteiger partial charge in [-0.3, -0.25) is 4.79 Å². The van der Waals surface area contributed by atoms with E-state index in [4.69, 9.17) is 4.42 Å². The maximum atomic E-state index is 13.6. The number of benzene rings is 2. The lowest BCUT2D eigenvalue weighted by molar-refractivity contribution is 0.0912. The van der Waals surface area contributed by atoms with Crippen LogP contribution in [0.5, 0.6) is 0 Å². The first-order valence-corrected chi connectivity index (χ1v) is 12.2. The maximum absolute atomic E-state index is 13.6. The number of furan rings is 1. The van der Waals surface area contributed by atoms with Gasteiger partial charge in [0, 0.05) is 11.6 Å². The normalized spacial score (nSPS) is 14.9. The molecule has 1 N–H and O–H groups in total. The van der Waals surface area contributed by atoms with Gasteiger partial charge in [-0.1, -0.05) is 36.6 Å². The number of carbonyl (C=O) groups is 1. The molecule has 5 nitrogen and oxygen atoms in total. The van der Waals surface area contributed by atoms with Crippen LogP contribution in [0, 0.1) is 19.7 Å². The van der Waals surface area contributed by atoms with Crippen LogP contribution in [0.4, 0.5) is 4.39 Å². The molecule has 1 aliphatic carbocycles. The molecule has 0 unspecified atom stereocenters.